The van der Waals surface area contributed by atoms with Gasteiger partial charge in [0.25, 0.3) is 0 Å². The predicted octanol–water partition coefficient (Wildman–Crippen LogP) is 2.60. The number of hydrogen-bond acceptors (Lipinski definition) is 4. The van der Waals surface area contributed by atoms with Crippen molar-refractivity contribution in [2.75, 3.05) is 18.0 Å². The van der Waals surface area contributed by atoms with Gasteiger partial charge >= 0.3 is 0 Å². The van der Waals surface area contributed by atoms with E-state index in [2.05, 4.69) is 26.6 Å². The fraction of sp³-hybridized carbons (Fsp3) is 0.333. The summed E-state index contributed by atoms with van der Waals surface area (Å²) in [5.41, 5.74) is 3.20. The van der Waals surface area contributed by atoms with Crippen molar-refractivity contribution in [3.63, 3.8) is 0 Å². The molecule has 1 aliphatic rings. The van der Waals surface area contributed by atoms with Crippen molar-refractivity contribution in [1.29, 1.82) is 0 Å². The quantitative estimate of drug-likeness (QED) is 0.790. The van der Waals surface area contributed by atoms with Crippen LogP contribution in [0.1, 0.15) is 12.8 Å². The highest BCUT2D eigenvalue weighted by molar-refractivity contribution is 5.80. The number of aliphatic hydroxyl groups is 1. The highest BCUT2D eigenvalue weighted by atomic mass is 16.3. The summed E-state index contributed by atoms with van der Waals surface area (Å²) in [6.45, 7) is 1.69. The number of piperidine rings is 1. The van der Waals surface area contributed by atoms with E-state index in [9.17, 15) is 5.11 Å². The van der Waals surface area contributed by atoms with Crippen LogP contribution in [0.2, 0.25) is 0 Å². The number of hydrogen-bond donors (Lipinski definition) is 1. The van der Waals surface area contributed by atoms with E-state index in [1.807, 2.05) is 37.5 Å². The summed E-state index contributed by atoms with van der Waals surface area (Å²) >= 11 is 0. The molecule has 0 amide bonds. The molecular weight excluding hydrogens is 288 g/mol. The topological polar surface area (TPSA) is 54.2 Å². The molecule has 1 fully saturated rings. The van der Waals surface area contributed by atoms with Gasteiger partial charge in [0.05, 0.1) is 17.1 Å². The number of rotatable bonds is 2. The van der Waals surface area contributed by atoms with Crippen molar-refractivity contribution in [2.24, 2.45) is 7.05 Å². The molecule has 3 aromatic rings. The SMILES string of the molecule is Cn1c(-c2ccnc(N3CCC(O)CC3)c2)nc2ccccc21. The van der Waals surface area contributed by atoms with Gasteiger partial charge in [0.1, 0.15) is 11.6 Å². The summed E-state index contributed by atoms with van der Waals surface area (Å²) in [4.78, 5) is 11.5. The molecule has 4 rings (SSSR count). The lowest BCUT2D eigenvalue weighted by molar-refractivity contribution is 0.145. The van der Waals surface area contributed by atoms with E-state index in [4.69, 9.17) is 4.98 Å². The van der Waals surface area contributed by atoms with Crippen molar-refractivity contribution >= 4 is 16.9 Å². The molecule has 0 aliphatic carbocycles. The third-order valence-electron chi connectivity index (χ3n) is 4.58. The fourth-order valence-corrected chi connectivity index (χ4v) is 3.23. The minimum Gasteiger partial charge on any atom is -0.393 e. The number of aryl methyl sites for hydroxylation is 1. The number of fused-ring (bicyclic) bond motifs is 1. The summed E-state index contributed by atoms with van der Waals surface area (Å²) in [6.07, 6.45) is 3.28. The second-order valence-electron chi connectivity index (χ2n) is 6.10. The highest BCUT2D eigenvalue weighted by Crippen LogP contribution is 2.26. The molecule has 1 aromatic carbocycles. The molecule has 5 heteroatoms. The molecule has 0 saturated carbocycles. The van der Waals surface area contributed by atoms with Gasteiger partial charge in [-0.2, -0.15) is 0 Å². The molecule has 0 bridgehead atoms. The van der Waals surface area contributed by atoms with Gasteiger partial charge in [-0.05, 0) is 37.1 Å². The van der Waals surface area contributed by atoms with Gasteiger partial charge in [-0.25, -0.2) is 9.97 Å². The predicted molar refractivity (Wildman–Crippen MR) is 91.4 cm³/mol. The van der Waals surface area contributed by atoms with Gasteiger partial charge in [0.2, 0.25) is 0 Å². The molecule has 2 aromatic heterocycles. The monoisotopic (exact) mass is 308 g/mol. The van der Waals surface area contributed by atoms with E-state index in [1.54, 1.807) is 0 Å². The normalized spacial score (nSPS) is 16.2. The molecule has 3 heterocycles. The summed E-state index contributed by atoms with van der Waals surface area (Å²) in [6, 6.07) is 12.3. The molecule has 0 atom stereocenters. The van der Waals surface area contributed by atoms with Crippen molar-refractivity contribution in [3.05, 3.63) is 42.6 Å². The summed E-state index contributed by atoms with van der Waals surface area (Å²) in [5.74, 6) is 1.91. The van der Waals surface area contributed by atoms with Crippen molar-refractivity contribution in [2.45, 2.75) is 18.9 Å². The number of pyridine rings is 1. The zero-order valence-corrected chi connectivity index (χ0v) is 13.2. The van der Waals surface area contributed by atoms with Gasteiger partial charge in [-0.3, -0.25) is 0 Å². The molecule has 0 unspecified atom stereocenters. The lowest BCUT2D eigenvalue weighted by Gasteiger charge is -2.30. The van der Waals surface area contributed by atoms with Crippen LogP contribution in [0, 0.1) is 0 Å². The first-order valence-electron chi connectivity index (χ1n) is 8.03. The van der Waals surface area contributed by atoms with E-state index in [0.717, 1.165) is 54.2 Å². The number of aromatic nitrogens is 3. The van der Waals surface area contributed by atoms with E-state index >= 15 is 0 Å². The molecule has 0 spiro atoms. The highest BCUT2D eigenvalue weighted by Gasteiger charge is 2.19. The van der Waals surface area contributed by atoms with Crippen LogP contribution in [0.3, 0.4) is 0 Å². The average molecular weight is 308 g/mol. The number of imidazole rings is 1. The van der Waals surface area contributed by atoms with Crippen LogP contribution in [0.15, 0.2) is 42.6 Å². The number of benzene rings is 1. The number of aliphatic hydroxyl groups excluding tert-OH is 1. The van der Waals surface area contributed by atoms with Crippen LogP contribution >= 0.6 is 0 Å². The van der Waals surface area contributed by atoms with Gasteiger partial charge in [-0.1, -0.05) is 12.1 Å². The Hall–Kier alpha value is -2.40. The second kappa shape index (κ2) is 5.66. The Morgan fingerprint density at radius 2 is 1.91 bits per heavy atom. The van der Waals surface area contributed by atoms with Crippen molar-refractivity contribution in [3.8, 4) is 11.4 Å². The van der Waals surface area contributed by atoms with Crippen molar-refractivity contribution < 1.29 is 5.11 Å². The third kappa shape index (κ3) is 2.57. The van der Waals surface area contributed by atoms with Crippen molar-refractivity contribution in [1.82, 2.24) is 14.5 Å². The summed E-state index contributed by atoms with van der Waals surface area (Å²) in [7, 11) is 2.04. The van der Waals surface area contributed by atoms with E-state index < -0.39 is 0 Å². The minimum atomic E-state index is -0.172. The maximum atomic E-state index is 9.66. The van der Waals surface area contributed by atoms with E-state index in [0.29, 0.717) is 0 Å². The fourth-order valence-electron chi connectivity index (χ4n) is 3.23. The summed E-state index contributed by atoms with van der Waals surface area (Å²) in [5, 5.41) is 9.66. The average Bonchev–Trinajstić information content (AvgIpc) is 2.93. The standard InChI is InChI=1S/C18H20N4O/c1-21-16-5-3-2-4-15(16)20-18(21)13-6-9-19-17(12-13)22-10-7-14(23)8-11-22/h2-6,9,12,14,23H,7-8,10-11H2,1H3. The number of para-hydroxylation sites is 2. The zero-order valence-electron chi connectivity index (χ0n) is 13.2. The Morgan fingerprint density at radius 1 is 1.13 bits per heavy atom. The lowest BCUT2D eigenvalue weighted by atomic mass is 10.1. The Kier molecular flexibility index (Phi) is 3.50. The molecule has 1 saturated heterocycles. The molecule has 0 radical (unpaired) electrons. The van der Waals surface area contributed by atoms with Crippen LogP contribution in [0.5, 0.6) is 0 Å². The lowest BCUT2D eigenvalue weighted by Crippen LogP contribution is -2.36. The van der Waals surface area contributed by atoms with Crippen LogP contribution in [0.25, 0.3) is 22.4 Å². The molecular formula is C18H20N4O. The first kappa shape index (κ1) is 14.2. The zero-order chi connectivity index (χ0) is 15.8. The molecule has 1 N–H and O–H groups in total. The van der Waals surface area contributed by atoms with Gasteiger partial charge < -0.3 is 14.6 Å². The van der Waals surface area contributed by atoms with E-state index in [-0.39, 0.29) is 6.10 Å². The van der Waals surface area contributed by atoms with Crippen LogP contribution in [0.4, 0.5) is 5.82 Å². The Bertz CT molecular complexity index is 834. The molecule has 1 aliphatic heterocycles. The molecule has 5 nitrogen and oxygen atoms in total. The first-order valence-corrected chi connectivity index (χ1v) is 8.03. The van der Waals surface area contributed by atoms with Crippen LogP contribution in [-0.2, 0) is 7.05 Å². The van der Waals surface area contributed by atoms with Crippen LogP contribution in [-0.4, -0.2) is 38.8 Å². The smallest absolute Gasteiger partial charge is 0.141 e. The Morgan fingerprint density at radius 3 is 2.70 bits per heavy atom. The Balaban J connectivity index is 1.71. The Labute approximate surface area is 135 Å². The minimum absolute atomic E-state index is 0.172. The molecule has 118 valence electrons. The second-order valence-corrected chi connectivity index (χ2v) is 6.10. The van der Waals surface area contributed by atoms with Crippen LogP contribution < -0.4 is 4.90 Å². The van der Waals surface area contributed by atoms with Gasteiger partial charge in [0, 0.05) is 31.9 Å². The molecule has 23 heavy (non-hydrogen) atoms. The first-order chi connectivity index (χ1) is 11.2. The number of nitrogens with zero attached hydrogens (tertiary/aromatic N) is 4. The number of anilines is 1. The maximum Gasteiger partial charge on any atom is 0.141 e. The maximum absolute atomic E-state index is 9.66. The van der Waals surface area contributed by atoms with E-state index in [1.165, 1.54) is 0 Å². The van der Waals surface area contributed by atoms with Gasteiger partial charge in [-0.15, -0.1) is 0 Å². The largest absolute Gasteiger partial charge is 0.393 e. The summed E-state index contributed by atoms with van der Waals surface area (Å²) < 4.78 is 2.12. The third-order valence-corrected chi connectivity index (χ3v) is 4.58. The van der Waals surface area contributed by atoms with Gasteiger partial charge in [0.15, 0.2) is 0 Å².